The van der Waals surface area contributed by atoms with Crippen molar-refractivity contribution in [3.8, 4) is 0 Å². The second-order valence-electron chi connectivity index (χ2n) is 2.24. The summed E-state index contributed by atoms with van der Waals surface area (Å²) in [6, 6.07) is 0. The first-order valence-electron chi connectivity index (χ1n) is 3.20. The second kappa shape index (κ2) is 3.37. The van der Waals surface area contributed by atoms with E-state index < -0.39 is 0 Å². The summed E-state index contributed by atoms with van der Waals surface area (Å²) < 4.78 is 9.64. The first-order valence-corrected chi connectivity index (χ1v) is 3.20. The maximum Gasteiger partial charge on any atom is 0.330 e. The minimum atomic E-state index is -0.355. The third-order valence-corrected chi connectivity index (χ3v) is 1.34. The van der Waals surface area contributed by atoms with Crippen LogP contribution in [-0.2, 0) is 14.3 Å². The lowest BCUT2D eigenvalue weighted by molar-refractivity contribution is -0.144. The van der Waals surface area contributed by atoms with E-state index in [4.69, 9.17) is 9.47 Å². The van der Waals surface area contributed by atoms with E-state index in [1.807, 2.05) is 0 Å². The topological polar surface area (TPSA) is 35.5 Å². The summed E-state index contributed by atoms with van der Waals surface area (Å²) >= 11 is 0. The Balaban J connectivity index is 2.03. The van der Waals surface area contributed by atoms with Gasteiger partial charge in [-0.25, -0.2) is 4.79 Å². The van der Waals surface area contributed by atoms with Crippen molar-refractivity contribution >= 4 is 5.97 Å². The summed E-state index contributed by atoms with van der Waals surface area (Å²) in [5, 5.41) is 0. The van der Waals surface area contributed by atoms with Gasteiger partial charge in [-0.2, -0.15) is 0 Å². The molecule has 0 aromatic carbocycles. The van der Waals surface area contributed by atoms with Gasteiger partial charge >= 0.3 is 5.97 Å². The zero-order chi connectivity index (χ0) is 7.40. The first-order chi connectivity index (χ1) is 4.83. The molecule has 1 heterocycles. The number of carbonyl (C=O) groups excluding carboxylic acids is 1. The molecule has 3 nitrogen and oxygen atoms in total. The van der Waals surface area contributed by atoms with Crippen molar-refractivity contribution in [3.63, 3.8) is 0 Å². The van der Waals surface area contributed by atoms with E-state index in [1.54, 1.807) is 0 Å². The van der Waals surface area contributed by atoms with Gasteiger partial charge in [-0.3, -0.25) is 0 Å². The maximum absolute atomic E-state index is 10.5. The minimum absolute atomic E-state index is 0.355. The van der Waals surface area contributed by atoms with Crippen molar-refractivity contribution in [2.45, 2.75) is 0 Å². The molecule has 1 aliphatic heterocycles. The summed E-state index contributed by atoms with van der Waals surface area (Å²) in [7, 11) is 0. The highest BCUT2D eigenvalue weighted by Crippen LogP contribution is 2.09. The van der Waals surface area contributed by atoms with Crippen LogP contribution in [0, 0.1) is 5.92 Å². The molecule has 1 aliphatic rings. The molecule has 0 unspecified atom stereocenters. The number of hydrogen-bond acceptors (Lipinski definition) is 3. The molecule has 0 atom stereocenters. The predicted octanol–water partition coefficient (Wildman–Crippen LogP) is 0.362. The van der Waals surface area contributed by atoms with Gasteiger partial charge in [-0.1, -0.05) is 6.58 Å². The van der Waals surface area contributed by atoms with Crippen molar-refractivity contribution in [2.24, 2.45) is 5.92 Å². The van der Waals surface area contributed by atoms with Gasteiger partial charge in [-0.15, -0.1) is 0 Å². The Labute approximate surface area is 59.6 Å². The van der Waals surface area contributed by atoms with Gasteiger partial charge < -0.3 is 9.47 Å². The lowest BCUT2D eigenvalue weighted by Crippen LogP contribution is -2.32. The van der Waals surface area contributed by atoms with Gasteiger partial charge in [0.1, 0.15) is 0 Å². The summed E-state index contributed by atoms with van der Waals surface area (Å²) in [4.78, 5) is 10.5. The number of hydrogen-bond donors (Lipinski definition) is 0. The number of esters is 1. The lowest BCUT2D eigenvalue weighted by atomic mass is 10.1. The van der Waals surface area contributed by atoms with Gasteiger partial charge in [0, 0.05) is 12.0 Å². The fourth-order valence-electron chi connectivity index (χ4n) is 0.640. The zero-order valence-electron chi connectivity index (χ0n) is 5.71. The SMILES string of the molecule is C=CC(=O)OCC1COC1. The van der Waals surface area contributed by atoms with E-state index in [2.05, 4.69) is 6.58 Å². The predicted molar refractivity (Wildman–Crippen MR) is 35.5 cm³/mol. The van der Waals surface area contributed by atoms with Crippen LogP contribution in [-0.4, -0.2) is 25.8 Å². The molecule has 0 saturated carbocycles. The molecule has 0 bridgehead atoms. The Hall–Kier alpha value is -0.830. The second-order valence-corrected chi connectivity index (χ2v) is 2.24. The van der Waals surface area contributed by atoms with Crippen molar-refractivity contribution in [1.29, 1.82) is 0 Å². The van der Waals surface area contributed by atoms with Crippen LogP contribution in [0.15, 0.2) is 12.7 Å². The number of rotatable bonds is 3. The zero-order valence-corrected chi connectivity index (χ0v) is 5.71. The largest absolute Gasteiger partial charge is 0.462 e. The number of carbonyl (C=O) groups is 1. The third-order valence-electron chi connectivity index (χ3n) is 1.34. The highest BCUT2D eigenvalue weighted by Gasteiger charge is 2.19. The van der Waals surface area contributed by atoms with E-state index in [9.17, 15) is 4.79 Å². The van der Waals surface area contributed by atoms with E-state index in [0.29, 0.717) is 25.7 Å². The molecular formula is C7H10O3. The van der Waals surface area contributed by atoms with Gasteiger partial charge in [0.05, 0.1) is 19.8 Å². The highest BCUT2D eigenvalue weighted by molar-refractivity contribution is 5.81. The fourth-order valence-corrected chi connectivity index (χ4v) is 0.640. The van der Waals surface area contributed by atoms with Crippen LogP contribution in [0.25, 0.3) is 0 Å². The molecule has 3 heteroatoms. The monoisotopic (exact) mass is 142 g/mol. The third kappa shape index (κ3) is 1.84. The summed E-state index contributed by atoms with van der Waals surface area (Å²) in [5.74, 6) is 0.0517. The molecule has 0 radical (unpaired) electrons. The van der Waals surface area contributed by atoms with Crippen LogP contribution in [0.5, 0.6) is 0 Å². The van der Waals surface area contributed by atoms with Crippen LogP contribution in [0.1, 0.15) is 0 Å². The first kappa shape index (κ1) is 7.28. The maximum atomic E-state index is 10.5. The average Bonchev–Trinajstić information content (AvgIpc) is 1.84. The molecule has 1 saturated heterocycles. The Morgan fingerprint density at radius 1 is 1.80 bits per heavy atom. The molecule has 56 valence electrons. The molecule has 0 N–H and O–H groups in total. The van der Waals surface area contributed by atoms with Crippen LogP contribution in [0.4, 0.5) is 0 Å². The molecule has 0 amide bonds. The van der Waals surface area contributed by atoms with Gasteiger partial charge in [0.15, 0.2) is 0 Å². The van der Waals surface area contributed by atoms with Crippen molar-refractivity contribution < 1.29 is 14.3 Å². The molecule has 0 spiro atoms. The van der Waals surface area contributed by atoms with Gasteiger partial charge in [-0.05, 0) is 0 Å². The van der Waals surface area contributed by atoms with Crippen molar-refractivity contribution in [2.75, 3.05) is 19.8 Å². The Morgan fingerprint density at radius 2 is 2.50 bits per heavy atom. The molecule has 0 aromatic rings. The Kier molecular flexibility index (Phi) is 2.45. The molecule has 0 aromatic heterocycles. The minimum Gasteiger partial charge on any atom is -0.462 e. The van der Waals surface area contributed by atoms with Gasteiger partial charge in [0.25, 0.3) is 0 Å². The molecule has 1 fully saturated rings. The highest BCUT2D eigenvalue weighted by atomic mass is 16.5. The normalized spacial score (nSPS) is 17.6. The molecular weight excluding hydrogens is 132 g/mol. The van der Waals surface area contributed by atoms with Crippen LogP contribution in [0.3, 0.4) is 0 Å². The molecule has 0 aliphatic carbocycles. The van der Waals surface area contributed by atoms with E-state index in [-0.39, 0.29) is 5.97 Å². The number of ether oxygens (including phenoxy) is 2. The van der Waals surface area contributed by atoms with Crippen molar-refractivity contribution in [1.82, 2.24) is 0 Å². The van der Waals surface area contributed by atoms with Gasteiger partial charge in [0.2, 0.25) is 0 Å². The summed E-state index contributed by atoms with van der Waals surface area (Å²) in [6.45, 7) is 5.17. The smallest absolute Gasteiger partial charge is 0.330 e. The standard InChI is InChI=1S/C7H10O3/c1-2-7(8)10-5-6-3-9-4-6/h2,6H,1,3-5H2. The van der Waals surface area contributed by atoms with Crippen LogP contribution < -0.4 is 0 Å². The average molecular weight is 142 g/mol. The quantitative estimate of drug-likeness (QED) is 0.421. The Bertz CT molecular complexity index is 138. The van der Waals surface area contributed by atoms with Crippen LogP contribution >= 0.6 is 0 Å². The van der Waals surface area contributed by atoms with E-state index in [1.165, 1.54) is 6.08 Å². The lowest BCUT2D eigenvalue weighted by Gasteiger charge is -2.24. The van der Waals surface area contributed by atoms with E-state index in [0.717, 1.165) is 0 Å². The van der Waals surface area contributed by atoms with Crippen molar-refractivity contribution in [3.05, 3.63) is 12.7 Å². The Morgan fingerprint density at radius 3 is 2.90 bits per heavy atom. The van der Waals surface area contributed by atoms with E-state index >= 15 is 0 Å². The molecule has 10 heavy (non-hydrogen) atoms. The van der Waals surface area contributed by atoms with Crippen LogP contribution in [0.2, 0.25) is 0 Å². The summed E-state index contributed by atoms with van der Waals surface area (Å²) in [5.41, 5.74) is 0. The summed E-state index contributed by atoms with van der Waals surface area (Å²) in [6.07, 6.45) is 1.17. The molecule has 1 rings (SSSR count). The fraction of sp³-hybridized carbons (Fsp3) is 0.571.